The fourth-order valence-electron chi connectivity index (χ4n) is 2.02. The van der Waals surface area contributed by atoms with Gasteiger partial charge < -0.3 is 8.98 Å². The van der Waals surface area contributed by atoms with Crippen molar-refractivity contribution in [2.24, 2.45) is 5.84 Å². The first-order chi connectivity index (χ1) is 8.16. The molecule has 2 aromatic rings. The van der Waals surface area contributed by atoms with Gasteiger partial charge in [0.2, 0.25) is 5.82 Å². The van der Waals surface area contributed by atoms with E-state index in [2.05, 4.69) is 15.2 Å². The molecule has 0 fully saturated rings. The zero-order valence-electron chi connectivity index (χ0n) is 9.79. The third-order valence-corrected chi connectivity index (χ3v) is 3.04. The summed E-state index contributed by atoms with van der Waals surface area (Å²) in [4.78, 5) is 4.27. The van der Waals surface area contributed by atoms with E-state index in [4.69, 9.17) is 10.3 Å². The summed E-state index contributed by atoms with van der Waals surface area (Å²) in [5.74, 6) is 7.90. The number of hydrogen-bond acceptors (Lipinski definition) is 6. The second kappa shape index (κ2) is 3.64. The van der Waals surface area contributed by atoms with Crippen LogP contribution in [0.4, 0.5) is 0 Å². The van der Waals surface area contributed by atoms with E-state index in [-0.39, 0.29) is 6.04 Å². The standard InChI is InChI=1S/C10H14N6O/c1-6-5-17-10(12-6)9-14-13-8-7(2)16(11)4-3-15(8)9/h5,7H,3-4,11H2,1-2H3/t7-/m1/s1. The highest BCUT2D eigenvalue weighted by molar-refractivity contribution is 5.41. The molecule has 7 nitrogen and oxygen atoms in total. The second-order valence-electron chi connectivity index (χ2n) is 4.24. The molecule has 0 radical (unpaired) electrons. The topological polar surface area (TPSA) is 86.0 Å². The molecule has 0 amide bonds. The summed E-state index contributed by atoms with van der Waals surface area (Å²) in [6.07, 6.45) is 1.61. The summed E-state index contributed by atoms with van der Waals surface area (Å²) >= 11 is 0. The highest BCUT2D eigenvalue weighted by Crippen LogP contribution is 2.25. The molecule has 3 heterocycles. The Bertz CT molecular complexity index is 545. The zero-order valence-corrected chi connectivity index (χ0v) is 9.79. The van der Waals surface area contributed by atoms with E-state index in [0.29, 0.717) is 11.7 Å². The number of rotatable bonds is 1. The Balaban J connectivity index is 2.07. The lowest BCUT2D eigenvalue weighted by Crippen LogP contribution is -2.41. The van der Waals surface area contributed by atoms with Crippen LogP contribution in [0, 0.1) is 6.92 Å². The Kier molecular flexibility index (Phi) is 2.23. The molecule has 1 aliphatic rings. The van der Waals surface area contributed by atoms with Gasteiger partial charge in [-0.25, -0.2) is 9.99 Å². The maximum absolute atomic E-state index is 5.86. The molecule has 2 aromatic heterocycles. The van der Waals surface area contributed by atoms with Gasteiger partial charge in [-0.05, 0) is 13.8 Å². The van der Waals surface area contributed by atoms with E-state index in [1.807, 2.05) is 18.4 Å². The lowest BCUT2D eigenvalue weighted by Gasteiger charge is -2.29. The maximum Gasteiger partial charge on any atom is 0.265 e. The van der Waals surface area contributed by atoms with Gasteiger partial charge in [-0.2, -0.15) is 0 Å². The number of nitrogens with two attached hydrogens (primary N) is 1. The van der Waals surface area contributed by atoms with Crippen molar-refractivity contribution in [2.75, 3.05) is 6.54 Å². The van der Waals surface area contributed by atoms with Crippen molar-refractivity contribution in [3.8, 4) is 11.7 Å². The maximum atomic E-state index is 5.86. The van der Waals surface area contributed by atoms with Crippen molar-refractivity contribution in [1.82, 2.24) is 24.8 Å². The third kappa shape index (κ3) is 1.55. The summed E-state index contributed by atoms with van der Waals surface area (Å²) in [6, 6.07) is 0.0565. The minimum Gasteiger partial charge on any atom is -0.442 e. The van der Waals surface area contributed by atoms with Crippen LogP contribution < -0.4 is 5.84 Å². The van der Waals surface area contributed by atoms with Crippen molar-refractivity contribution in [3.05, 3.63) is 17.8 Å². The molecule has 3 rings (SSSR count). The van der Waals surface area contributed by atoms with Gasteiger partial charge in [0.15, 0.2) is 5.82 Å². The molecule has 1 aliphatic heterocycles. The van der Waals surface area contributed by atoms with E-state index in [1.54, 1.807) is 11.3 Å². The van der Waals surface area contributed by atoms with Crippen LogP contribution in [0.25, 0.3) is 11.7 Å². The van der Waals surface area contributed by atoms with Crippen LogP contribution in [-0.2, 0) is 6.54 Å². The van der Waals surface area contributed by atoms with Gasteiger partial charge in [0.25, 0.3) is 5.89 Å². The molecule has 7 heteroatoms. The minimum absolute atomic E-state index is 0.0565. The van der Waals surface area contributed by atoms with Crippen LogP contribution in [0.3, 0.4) is 0 Å². The van der Waals surface area contributed by atoms with Crippen molar-refractivity contribution in [1.29, 1.82) is 0 Å². The van der Waals surface area contributed by atoms with E-state index in [0.717, 1.165) is 24.6 Å². The lowest BCUT2D eigenvalue weighted by atomic mass is 10.2. The number of aryl methyl sites for hydroxylation is 1. The van der Waals surface area contributed by atoms with Crippen LogP contribution in [0.2, 0.25) is 0 Å². The van der Waals surface area contributed by atoms with Crippen LogP contribution in [0.15, 0.2) is 10.7 Å². The molecular formula is C10H14N6O. The minimum atomic E-state index is 0.0565. The molecule has 1 atom stereocenters. The molecule has 0 spiro atoms. The summed E-state index contributed by atoms with van der Waals surface area (Å²) in [7, 11) is 0. The Hall–Kier alpha value is -1.73. The summed E-state index contributed by atoms with van der Waals surface area (Å²) < 4.78 is 7.37. The molecule has 90 valence electrons. The average Bonchev–Trinajstić information content (AvgIpc) is 2.89. The molecule has 0 bridgehead atoms. The number of aromatic nitrogens is 4. The van der Waals surface area contributed by atoms with Gasteiger partial charge in [0, 0.05) is 13.1 Å². The SMILES string of the molecule is Cc1coc(-c2nnc3n2CCN(N)[C@@H]3C)n1. The number of nitrogens with zero attached hydrogens (tertiary/aromatic N) is 5. The predicted molar refractivity (Wildman–Crippen MR) is 59.6 cm³/mol. The monoisotopic (exact) mass is 234 g/mol. The molecule has 0 aliphatic carbocycles. The highest BCUT2D eigenvalue weighted by atomic mass is 16.3. The number of hydrogen-bond donors (Lipinski definition) is 1. The zero-order chi connectivity index (χ0) is 12.0. The van der Waals surface area contributed by atoms with Crippen molar-refractivity contribution >= 4 is 0 Å². The van der Waals surface area contributed by atoms with E-state index in [1.165, 1.54) is 0 Å². The number of oxazole rings is 1. The van der Waals surface area contributed by atoms with Gasteiger partial charge in [0.05, 0.1) is 11.7 Å². The highest BCUT2D eigenvalue weighted by Gasteiger charge is 2.28. The molecule has 17 heavy (non-hydrogen) atoms. The normalized spacial score (nSPS) is 20.5. The average molecular weight is 234 g/mol. The van der Waals surface area contributed by atoms with E-state index in [9.17, 15) is 0 Å². The Morgan fingerprint density at radius 1 is 1.41 bits per heavy atom. The Morgan fingerprint density at radius 3 is 2.94 bits per heavy atom. The smallest absolute Gasteiger partial charge is 0.265 e. The van der Waals surface area contributed by atoms with Crippen molar-refractivity contribution in [2.45, 2.75) is 26.4 Å². The largest absolute Gasteiger partial charge is 0.442 e. The molecule has 0 saturated carbocycles. The van der Waals surface area contributed by atoms with Crippen LogP contribution in [0.1, 0.15) is 24.5 Å². The third-order valence-electron chi connectivity index (χ3n) is 3.04. The van der Waals surface area contributed by atoms with Gasteiger partial charge in [0.1, 0.15) is 6.26 Å². The fourth-order valence-corrected chi connectivity index (χ4v) is 2.02. The second-order valence-corrected chi connectivity index (χ2v) is 4.24. The fraction of sp³-hybridized carbons (Fsp3) is 0.500. The van der Waals surface area contributed by atoms with Gasteiger partial charge in [-0.1, -0.05) is 0 Å². The van der Waals surface area contributed by atoms with Gasteiger partial charge in [-0.15, -0.1) is 10.2 Å². The van der Waals surface area contributed by atoms with E-state index >= 15 is 0 Å². The Labute approximate surface area is 98.2 Å². The lowest BCUT2D eigenvalue weighted by molar-refractivity contribution is 0.168. The molecule has 0 aromatic carbocycles. The molecular weight excluding hydrogens is 220 g/mol. The first-order valence-electron chi connectivity index (χ1n) is 5.54. The van der Waals surface area contributed by atoms with Crippen LogP contribution >= 0.6 is 0 Å². The quantitative estimate of drug-likeness (QED) is 0.723. The van der Waals surface area contributed by atoms with E-state index < -0.39 is 0 Å². The molecule has 0 saturated heterocycles. The summed E-state index contributed by atoms with van der Waals surface area (Å²) in [5, 5.41) is 10.1. The molecule has 2 N–H and O–H groups in total. The van der Waals surface area contributed by atoms with Crippen LogP contribution in [0.5, 0.6) is 0 Å². The summed E-state index contributed by atoms with van der Waals surface area (Å²) in [5.41, 5.74) is 0.835. The summed E-state index contributed by atoms with van der Waals surface area (Å²) in [6.45, 7) is 5.40. The number of hydrazine groups is 1. The predicted octanol–water partition coefficient (Wildman–Crippen LogP) is 0.492. The van der Waals surface area contributed by atoms with Gasteiger partial charge in [-0.3, -0.25) is 5.84 Å². The number of fused-ring (bicyclic) bond motifs is 1. The molecule has 0 unspecified atom stereocenters. The first-order valence-corrected chi connectivity index (χ1v) is 5.54. The Morgan fingerprint density at radius 2 is 2.24 bits per heavy atom. The van der Waals surface area contributed by atoms with Crippen LogP contribution in [-0.4, -0.2) is 31.3 Å². The van der Waals surface area contributed by atoms with Crippen molar-refractivity contribution < 1.29 is 4.42 Å². The first kappa shape index (κ1) is 10.4. The van der Waals surface area contributed by atoms with Gasteiger partial charge >= 0.3 is 0 Å². The van der Waals surface area contributed by atoms with Crippen molar-refractivity contribution in [3.63, 3.8) is 0 Å².